The number of hydrogen-bond acceptors (Lipinski definition) is 6. The van der Waals surface area contributed by atoms with Gasteiger partial charge in [0.05, 0.1) is 10.4 Å². The van der Waals surface area contributed by atoms with Crippen LogP contribution in [0, 0.1) is 11.8 Å². The lowest BCUT2D eigenvalue weighted by atomic mass is 9.84. The number of likely N-dealkylation sites (tertiary alicyclic amines) is 1. The van der Waals surface area contributed by atoms with Crippen molar-refractivity contribution in [1.29, 1.82) is 0 Å². The molecule has 1 aliphatic rings. The second-order valence-electron chi connectivity index (χ2n) is 15.5. The van der Waals surface area contributed by atoms with E-state index in [1.54, 1.807) is 24.5 Å². The predicted octanol–water partition coefficient (Wildman–Crippen LogP) is 12.9. The zero-order valence-corrected chi connectivity index (χ0v) is 35.0. The summed E-state index contributed by atoms with van der Waals surface area (Å²) in [4.78, 5) is 13.6. The molecule has 1 saturated heterocycles. The smallest absolute Gasteiger partial charge is 0.273 e. The van der Waals surface area contributed by atoms with Gasteiger partial charge in [0.25, 0.3) is 5.92 Å². The van der Waals surface area contributed by atoms with Crippen molar-refractivity contribution in [2.24, 2.45) is 11.8 Å². The van der Waals surface area contributed by atoms with Gasteiger partial charge in [-0.3, -0.25) is 4.90 Å². The maximum absolute atomic E-state index is 15.8. The molecule has 1 fully saturated rings. The molecule has 52 heavy (non-hydrogen) atoms. The minimum absolute atomic E-state index is 0.00554. The van der Waals surface area contributed by atoms with Crippen LogP contribution in [0.15, 0.2) is 62.0 Å². The Hall–Kier alpha value is -2.71. The van der Waals surface area contributed by atoms with Crippen LogP contribution in [0.3, 0.4) is 0 Å². The summed E-state index contributed by atoms with van der Waals surface area (Å²) in [5, 5.41) is 3.60. The van der Waals surface area contributed by atoms with Gasteiger partial charge in [-0.2, -0.15) is 12.6 Å². The van der Waals surface area contributed by atoms with Gasteiger partial charge in [-0.1, -0.05) is 97.1 Å². The van der Waals surface area contributed by atoms with Crippen LogP contribution in [-0.4, -0.2) is 45.4 Å². The van der Waals surface area contributed by atoms with E-state index in [0.717, 1.165) is 99.8 Å². The molecule has 0 aliphatic carbocycles. The summed E-state index contributed by atoms with van der Waals surface area (Å²) in [5.74, 6) is -1.09. The van der Waals surface area contributed by atoms with E-state index in [0.29, 0.717) is 11.7 Å². The highest BCUT2D eigenvalue weighted by atomic mass is 32.1. The van der Waals surface area contributed by atoms with Gasteiger partial charge < -0.3 is 10.2 Å². The number of nitrogens with one attached hydrogen (secondary N) is 1. The lowest BCUT2D eigenvalue weighted by Crippen LogP contribution is -2.57. The van der Waals surface area contributed by atoms with Crippen LogP contribution in [0.4, 0.5) is 20.4 Å². The number of alkyl halides is 2. The van der Waals surface area contributed by atoms with Crippen LogP contribution in [0.1, 0.15) is 149 Å². The van der Waals surface area contributed by atoms with Gasteiger partial charge in [0, 0.05) is 43.7 Å². The van der Waals surface area contributed by atoms with Crippen molar-refractivity contribution >= 4 is 30.3 Å². The summed E-state index contributed by atoms with van der Waals surface area (Å²) >= 11 is 5.09. The Morgan fingerprint density at radius 3 is 2.21 bits per heavy atom. The molecular weight excluding hydrogens is 669 g/mol. The van der Waals surface area contributed by atoms with Crippen LogP contribution in [0.5, 0.6) is 0 Å². The van der Waals surface area contributed by atoms with Gasteiger partial charge >= 0.3 is 0 Å². The van der Waals surface area contributed by atoms with Crippen molar-refractivity contribution in [1.82, 2.24) is 14.9 Å². The number of thiol groups is 1. The minimum Gasteiger partial charge on any atom is -0.363 e. The summed E-state index contributed by atoms with van der Waals surface area (Å²) in [5.41, 5.74) is 2.96. The Kier molecular flexibility index (Phi) is 18.6. The Morgan fingerprint density at radius 1 is 1.02 bits per heavy atom. The third kappa shape index (κ3) is 12.4. The second kappa shape index (κ2) is 21.2. The molecule has 5 nitrogen and oxygen atoms in total. The molecule has 2 unspecified atom stereocenters. The van der Waals surface area contributed by atoms with Gasteiger partial charge in [0.1, 0.15) is 18.0 Å². The molecule has 0 saturated carbocycles. The zero-order chi connectivity index (χ0) is 39.1. The molecule has 1 aromatic carbocycles. The number of rotatable bonds is 22. The standard InChI is InChI=1S/C42H67F2N5S.C2H4/c1-11-16-23-40(7,8)49-28-32(29-49)27-42(43,44)36-22-18-21-35(25-36)31(6)47-38-37(26-33(15-5)34(19-13-3)20-14-4)39(46-30-45-38)48(10)41(9,50)24-17-12-2;1-2/h15,18,21-22,25-26,30-32,34,50H,5,11-14,16-17,19-20,23-24,27-29H2,1-4,6-10H3,(H,45,46,47);1-2H2/b33-26+;. The largest absolute Gasteiger partial charge is 0.363 e. The number of benzene rings is 1. The van der Waals surface area contributed by atoms with Crippen molar-refractivity contribution in [3.05, 3.63) is 78.7 Å². The summed E-state index contributed by atoms with van der Waals surface area (Å²) in [6.45, 7) is 29.1. The highest BCUT2D eigenvalue weighted by molar-refractivity contribution is 7.81. The molecular formula is C44H71F2N5S. The van der Waals surface area contributed by atoms with Crippen LogP contribution in [-0.2, 0) is 5.92 Å². The van der Waals surface area contributed by atoms with Gasteiger partial charge in [-0.05, 0) is 88.5 Å². The Balaban J connectivity index is 0.00000460. The first-order chi connectivity index (χ1) is 24.6. The number of allylic oxidation sites excluding steroid dienone is 2. The lowest BCUT2D eigenvalue weighted by Gasteiger charge is -2.50. The van der Waals surface area contributed by atoms with E-state index in [9.17, 15) is 0 Å². The molecule has 1 aromatic heterocycles. The van der Waals surface area contributed by atoms with Crippen molar-refractivity contribution in [3.63, 3.8) is 0 Å². The van der Waals surface area contributed by atoms with Crippen LogP contribution in [0.25, 0.3) is 6.08 Å². The average molecular weight is 740 g/mol. The molecule has 2 aromatic rings. The van der Waals surface area contributed by atoms with Gasteiger partial charge in [0.2, 0.25) is 0 Å². The van der Waals surface area contributed by atoms with Crippen LogP contribution in [0.2, 0.25) is 0 Å². The van der Waals surface area contributed by atoms with E-state index in [4.69, 9.17) is 22.6 Å². The SMILES string of the molecule is C=C.C=C/C(=C\c1c(NC(C)c2cccc(C(F)(F)CC3CN(C(C)(C)CCCC)C3)c2)ncnc1N(C)C(C)(S)CCCC)C(CCC)CCC. The molecule has 0 amide bonds. The highest BCUT2D eigenvalue weighted by Crippen LogP contribution is 2.41. The molecule has 3 rings (SSSR count). The molecule has 1 N–H and O–H groups in total. The van der Waals surface area contributed by atoms with Crippen molar-refractivity contribution in [3.8, 4) is 0 Å². The minimum atomic E-state index is -2.90. The highest BCUT2D eigenvalue weighted by Gasteiger charge is 2.43. The summed E-state index contributed by atoms with van der Waals surface area (Å²) < 4.78 is 31.6. The Morgan fingerprint density at radius 2 is 1.63 bits per heavy atom. The molecule has 2 heterocycles. The molecule has 2 atom stereocenters. The number of aromatic nitrogens is 2. The Bertz CT molecular complexity index is 1390. The zero-order valence-electron chi connectivity index (χ0n) is 34.1. The van der Waals surface area contributed by atoms with Crippen molar-refractivity contribution in [2.45, 2.75) is 148 Å². The summed E-state index contributed by atoms with van der Waals surface area (Å²) in [7, 11) is 2.04. The van der Waals surface area contributed by atoms with E-state index in [-0.39, 0.29) is 29.5 Å². The molecule has 0 bridgehead atoms. The number of unbranched alkanes of at least 4 members (excludes halogenated alkanes) is 2. The van der Waals surface area contributed by atoms with E-state index >= 15 is 8.78 Å². The first-order valence-corrected chi connectivity index (χ1v) is 20.2. The Labute approximate surface area is 322 Å². The first-order valence-electron chi connectivity index (χ1n) is 19.8. The second-order valence-corrected chi connectivity index (χ2v) is 16.5. The van der Waals surface area contributed by atoms with E-state index in [2.05, 4.69) is 89.4 Å². The van der Waals surface area contributed by atoms with Crippen molar-refractivity contribution in [2.75, 3.05) is 30.4 Å². The van der Waals surface area contributed by atoms with Gasteiger partial charge in [-0.25, -0.2) is 18.7 Å². The van der Waals surface area contributed by atoms with E-state index < -0.39 is 10.8 Å². The number of halogens is 2. The van der Waals surface area contributed by atoms with Gasteiger partial charge in [0.15, 0.2) is 0 Å². The fourth-order valence-electron chi connectivity index (χ4n) is 7.26. The predicted molar refractivity (Wildman–Crippen MR) is 226 cm³/mol. The molecule has 0 spiro atoms. The van der Waals surface area contributed by atoms with Crippen LogP contribution < -0.4 is 10.2 Å². The molecule has 292 valence electrons. The van der Waals surface area contributed by atoms with E-state index in [1.165, 1.54) is 0 Å². The average Bonchev–Trinajstić information content (AvgIpc) is 3.11. The number of hydrogen-bond donors (Lipinski definition) is 2. The van der Waals surface area contributed by atoms with E-state index in [1.807, 2.05) is 26.1 Å². The van der Waals surface area contributed by atoms with Crippen molar-refractivity contribution < 1.29 is 8.78 Å². The fraction of sp³-hybridized carbons (Fsp3) is 0.636. The number of nitrogens with zero attached hydrogens (tertiary/aromatic N) is 4. The maximum atomic E-state index is 15.8. The number of anilines is 2. The van der Waals surface area contributed by atoms with Crippen LogP contribution >= 0.6 is 12.6 Å². The third-order valence-electron chi connectivity index (χ3n) is 10.9. The lowest BCUT2D eigenvalue weighted by molar-refractivity contribution is -0.0790. The van der Waals surface area contributed by atoms with Gasteiger partial charge in [-0.15, -0.1) is 13.2 Å². The quantitative estimate of drug-likeness (QED) is 0.0545. The first kappa shape index (κ1) is 45.4. The summed E-state index contributed by atoms with van der Waals surface area (Å²) in [6.07, 6.45) is 16.3. The molecule has 8 heteroatoms. The normalized spacial score (nSPS) is 16.1. The molecule has 0 radical (unpaired) electrons. The maximum Gasteiger partial charge on any atom is 0.273 e. The molecule has 1 aliphatic heterocycles. The topological polar surface area (TPSA) is 44.3 Å². The third-order valence-corrected chi connectivity index (χ3v) is 11.4. The summed E-state index contributed by atoms with van der Waals surface area (Å²) in [6, 6.07) is 6.65. The fourth-order valence-corrected chi connectivity index (χ4v) is 7.51. The monoisotopic (exact) mass is 740 g/mol.